The van der Waals surface area contributed by atoms with Gasteiger partial charge in [0.2, 0.25) is 0 Å². The fourth-order valence-electron chi connectivity index (χ4n) is 2.03. The summed E-state index contributed by atoms with van der Waals surface area (Å²) in [6.45, 7) is 1.91. The Labute approximate surface area is 124 Å². The van der Waals surface area contributed by atoms with Gasteiger partial charge in [-0.05, 0) is 19.3 Å². The normalized spacial score (nSPS) is 23.2. The lowest BCUT2D eigenvalue weighted by atomic mass is 10.0. The number of carbonyl (C=O) groups excluding carboxylic acids is 1. The number of aliphatic carboxylic acids is 1. The number of hydrogen-bond acceptors (Lipinski definition) is 7. The highest BCUT2D eigenvalue weighted by atomic mass is 16.4. The smallest absolute Gasteiger partial charge is 0.122 e. The van der Waals surface area contributed by atoms with Crippen molar-refractivity contribution < 1.29 is 39.9 Å². The zero-order valence-electron chi connectivity index (χ0n) is 12.6. The van der Waals surface area contributed by atoms with Gasteiger partial charge >= 0.3 is 0 Å². The molecule has 21 heavy (non-hydrogen) atoms. The Balaban J connectivity index is 0.000000423. The van der Waals surface area contributed by atoms with Crippen LogP contribution in [0, 0.1) is 0 Å². The van der Waals surface area contributed by atoms with E-state index >= 15 is 0 Å². The summed E-state index contributed by atoms with van der Waals surface area (Å²) in [6.07, 6.45) is -3.74. The molecule has 0 spiro atoms. The van der Waals surface area contributed by atoms with Crippen LogP contribution < -0.4 is 5.11 Å². The van der Waals surface area contributed by atoms with Gasteiger partial charge in [-0.15, -0.1) is 0 Å². The van der Waals surface area contributed by atoms with Gasteiger partial charge < -0.3 is 39.9 Å². The molecule has 1 fully saturated rings. The third-order valence-electron chi connectivity index (χ3n) is 3.52. The average molecular weight is 309 g/mol. The number of carboxylic acids is 1. The molecule has 0 aromatic carbocycles. The number of likely N-dealkylation sites (tertiary alicyclic amines) is 1. The van der Waals surface area contributed by atoms with Gasteiger partial charge in [-0.1, -0.05) is 0 Å². The highest BCUT2D eigenvalue weighted by Crippen LogP contribution is 2.12. The number of carboxylic acid groups (broad SMARTS) is 1. The van der Waals surface area contributed by atoms with E-state index in [0.717, 1.165) is 0 Å². The topological polar surface area (TPSA) is 141 Å². The summed E-state index contributed by atoms with van der Waals surface area (Å²) in [6, 6.07) is 0. The Kier molecular flexibility index (Phi) is 8.95. The minimum absolute atomic E-state index is 0.863. The summed E-state index contributed by atoms with van der Waals surface area (Å²) in [7, 11) is 4.64. The van der Waals surface area contributed by atoms with Gasteiger partial charge in [-0.2, -0.15) is 0 Å². The van der Waals surface area contributed by atoms with Crippen molar-refractivity contribution in [1.82, 2.24) is 0 Å². The molecule has 0 aromatic heterocycles. The van der Waals surface area contributed by atoms with E-state index in [-0.39, 0.29) is 0 Å². The fraction of sp³-hybridized carbons (Fsp3) is 0.923. The summed E-state index contributed by atoms with van der Waals surface area (Å²) in [5.41, 5.74) is 0. The molecule has 126 valence electrons. The predicted octanol–water partition coefficient (Wildman–Crippen LogP) is -3.58. The van der Waals surface area contributed by atoms with Crippen molar-refractivity contribution in [3.63, 3.8) is 0 Å². The van der Waals surface area contributed by atoms with Gasteiger partial charge in [-0.25, -0.2) is 0 Å². The molecule has 5 N–H and O–H groups in total. The molecule has 8 heteroatoms. The quantitative estimate of drug-likeness (QED) is 0.331. The second kappa shape index (κ2) is 9.29. The zero-order valence-corrected chi connectivity index (χ0v) is 12.6. The largest absolute Gasteiger partial charge is 0.547 e. The summed E-state index contributed by atoms with van der Waals surface area (Å²) in [5.74, 6) is -1.98. The molecule has 4 atom stereocenters. The third-order valence-corrected chi connectivity index (χ3v) is 3.52. The molecule has 0 amide bonds. The van der Waals surface area contributed by atoms with Gasteiger partial charge in [0.05, 0.1) is 39.8 Å². The lowest BCUT2D eigenvalue weighted by molar-refractivity contribution is -0.894. The van der Waals surface area contributed by atoms with Crippen LogP contribution in [-0.4, -0.2) is 94.2 Å². The maximum absolute atomic E-state index is 9.98. The molecule has 1 heterocycles. The predicted molar refractivity (Wildman–Crippen MR) is 71.8 cm³/mol. The van der Waals surface area contributed by atoms with Crippen LogP contribution in [0.2, 0.25) is 0 Å². The van der Waals surface area contributed by atoms with E-state index in [4.69, 9.17) is 25.5 Å². The monoisotopic (exact) mass is 309 g/mol. The summed E-state index contributed by atoms with van der Waals surface area (Å²) in [4.78, 5) is 9.98. The Bertz CT molecular complexity index is 303. The second-order valence-corrected chi connectivity index (χ2v) is 5.94. The number of piperidine rings is 1. The van der Waals surface area contributed by atoms with E-state index in [0.29, 0.717) is 0 Å². The Morgan fingerprint density at radius 1 is 1.05 bits per heavy atom. The van der Waals surface area contributed by atoms with E-state index in [1.165, 1.54) is 36.8 Å². The Hall–Kier alpha value is -0.770. The van der Waals surface area contributed by atoms with Crippen LogP contribution in [0.15, 0.2) is 0 Å². The number of rotatable bonds is 5. The highest BCUT2D eigenvalue weighted by Gasteiger charge is 2.30. The molecule has 0 aromatic rings. The van der Waals surface area contributed by atoms with Crippen molar-refractivity contribution in [3.05, 3.63) is 0 Å². The zero-order chi connectivity index (χ0) is 16.6. The van der Waals surface area contributed by atoms with Gasteiger partial charge in [0.15, 0.2) is 0 Å². The van der Waals surface area contributed by atoms with Crippen molar-refractivity contribution >= 4 is 5.97 Å². The maximum Gasteiger partial charge on any atom is 0.122 e. The van der Waals surface area contributed by atoms with Crippen LogP contribution >= 0.6 is 0 Å². The van der Waals surface area contributed by atoms with Gasteiger partial charge in [-0.3, -0.25) is 0 Å². The molecule has 1 rings (SSSR count). The summed E-state index contributed by atoms with van der Waals surface area (Å²) >= 11 is 0. The van der Waals surface area contributed by atoms with Gasteiger partial charge in [0.25, 0.3) is 0 Å². The summed E-state index contributed by atoms with van der Waals surface area (Å²) < 4.78 is 1.25. The van der Waals surface area contributed by atoms with Gasteiger partial charge in [0, 0.05) is 0 Å². The number of aliphatic hydroxyl groups excluding tert-OH is 5. The second-order valence-electron chi connectivity index (χ2n) is 5.94. The molecular weight excluding hydrogens is 282 g/mol. The molecule has 8 nitrogen and oxygen atoms in total. The first kappa shape index (κ1) is 20.2. The van der Waals surface area contributed by atoms with Crippen molar-refractivity contribution in [3.8, 4) is 0 Å². The van der Waals surface area contributed by atoms with Crippen LogP contribution in [0.25, 0.3) is 0 Å². The number of hydrogen-bond donors (Lipinski definition) is 5. The van der Waals surface area contributed by atoms with E-state index in [9.17, 15) is 9.90 Å². The van der Waals surface area contributed by atoms with Crippen molar-refractivity contribution in [2.75, 3.05) is 33.8 Å². The first-order chi connectivity index (χ1) is 9.62. The van der Waals surface area contributed by atoms with Crippen LogP contribution in [0.5, 0.6) is 0 Å². The standard InChI is InChI=1S/C7H16N.C6H12O7/c1-8(2)6-4-3-5-7-8;7-1-2(8)3(9)4(10)5(11)6(12)13/h3-7H2,1-2H3;2-5,7-11H,1H2,(H,12,13)/q+1;/p-1/t;2-,3-,4+,5-/m.1/s1. The number of aliphatic hydroxyl groups is 5. The minimum atomic E-state index is -2.31. The molecule has 0 unspecified atom stereocenters. The van der Waals surface area contributed by atoms with E-state index in [1.807, 2.05) is 0 Å². The molecular formula is C13H27NO7. The lowest BCUT2D eigenvalue weighted by Gasteiger charge is -2.33. The number of quaternary nitrogens is 1. The van der Waals surface area contributed by atoms with Crippen molar-refractivity contribution in [2.24, 2.45) is 0 Å². The minimum Gasteiger partial charge on any atom is -0.547 e. The van der Waals surface area contributed by atoms with Crippen molar-refractivity contribution in [1.29, 1.82) is 0 Å². The highest BCUT2D eigenvalue weighted by molar-refractivity contribution is 5.70. The third kappa shape index (κ3) is 7.70. The van der Waals surface area contributed by atoms with E-state index in [1.54, 1.807) is 0 Å². The Morgan fingerprint density at radius 3 is 1.81 bits per heavy atom. The lowest BCUT2D eigenvalue weighted by Crippen LogP contribution is -2.52. The van der Waals surface area contributed by atoms with E-state index in [2.05, 4.69) is 14.1 Å². The fourth-order valence-corrected chi connectivity index (χ4v) is 2.03. The van der Waals surface area contributed by atoms with Gasteiger partial charge in [0.1, 0.15) is 24.4 Å². The number of nitrogens with zero attached hydrogens (tertiary/aromatic N) is 1. The van der Waals surface area contributed by atoms with Crippen LogP contribution in [0.3, 0.4) is 0 Å². The summed E-state index contributed by atoms with van der Waals surface area (Å²) in [5, 5.41) is 53.4. The maximum atomic E-state index is 9.98. The van der Waals surface area contributed by atoms with Crippen LogP contribution in [0.1, 0.15) is 19.3 Å². The molecule has 1 saturated heterocycles. The molecule has 0 aliphatic carbocycles. The molecule has 0 saturated carbocycles. The van der Waals surface area contributed by atoms with Crippen LogP contribution in [-0.2, 0) is 4.79 Å². The first-order valence-electron chi connectivity index (χ1n) is 6.98. The molecule has 0 bridgehead atoms. The first-order valence-corrected chi connectivity index (χ1v) is 6.98. The van der Waals surface area contributed by atoms with Crippen molar-refractivity contribution in [2.45, 2.75) is 43.7 Å². The van der Waals surface area contributed by atoms with E-state index < -0.39 is 37.0 Å². The number of carbonyl (C=O) groups is 1. The molecule has 1 aliphatic rings. The van der Waals surface area contributed by atoms with Crippen LogP contribution in [0.4, 0.5) is 0 Å². The molecule has 0 radical (unpaired) electrons. The SMILES string of the molecule is C[N+]1(C)CCCCC1.O=C([O-])[C@H](O)[C@@H](O)[C@H](O)[C@H](O)CO. The Morgan fingerprint density at radius 2 is 1.52 bits per heavy atom. The molecule has 1 aliphatic heterocycles. The average Bonchev–Trinajstić information content (AvgIpc) is 2.44.